The van der Waals surface area contributed by atoms with Gasteiger partial charge in [-0.2, -0.15) is 0 Å². The molecular weight excluding hydrogens is 354 g/mol. The number of benzene rings is 2. The fourth-order valence-corrected chi connectivity index (χ4v) is 2.82. The molecule has 2 aromatic rings. The normalized spacial score (nSPS) is 11.6. The summed E-state index contributed by atoms with van der Waals surface area (Å²) in [6.07, 6.45) is 0.220. The van der Waals surface area contributed by atoms with Crippen molar-refractivity contribution in [3.8, 4) is 5.75 Å². The SMILES string of the molecule is COc1ccc(C(NC(=O)CCNC(=O)NCc2ccccc2)C(C)C)cc1. The number of hydrogen-bond acceptors (Lipinski definition) is 3. The number of nitrogens with one attached hydrogen (secondary N) is 3. The van der Waals surface area contributed by atoms with Gasteiger partial charge in [-0.25, -0.2) is 4.79 Å². The van der Waals surface area contributed by atoms with Crippen molar-refractivity contribution in [2.45, 2.75) is 32.9 Å². The quantitative estimate of drug-likeness (QED) is 0.621. The number of carbonyl (C=O) groups is 2. The van der Waals surface area contributed by atoms with Crippen molar-refractivity contribution in [2.75, 3.05) is 13.7 Å². The maximum absolute atomic E-state index is 12.3. The van der Waals surface area contributed by atoms with Crippen LogP contribution in [0.25, 0.3) is 0 Å². The van der Waals surface area contributed by atoms with Gasteiger partial charge in [0.05, 0.1) is 13.2 Å². The van der Waals surface area contributed by atoms with Crippen molar-refractivity contribution in [2.24, 2.45) is 5.92 Å². The van der Waals surface area contributed by atoms with Crippen molar-refractivity contribution in [1.82, 2.24) is 16.0 Å². The smallest absolute Gasteiger partial charge is 0.315 e. The van der Waals surface area contributed by atoms with Crippen molar-refractivity contribution in [1.29, 1.82) is 0 Å². The summed E-state index contributed by atoms with van der Waals surface area (Å²) in [5, 5.41) is 8.54. The van der Waals surface area contributed by atoms with Crippen molar-refractivity contribution in [3.63, 3.8) is 0 Å². The third-order valence-corrected chi connectivity index (χ3v) is 4.39. The van der Waals surface area contributed by atoms with E-state index in [0.717, 1.165) is 16.9 Å². The van der Waals surface area contributed by atoms with Crippen LogP contribution in [0, 0.1) is 5.92 Å². The van der Waals surface area contributed by atoms with E-state index < -0.39 is 0 Å². The van der Waals surface area contributed by atoms with Crippen LogP contribution in [0.15, 0.2) is 54.6 Å². The fourth-order valence-electron chi connectivity index (χ4n) is 2.82. The molecule has 0 aliphatic rings. The van der Waals surface area contributed by atoms with E-state index >= 15 is 0 Å². The molecule has 0 heterocycles. The number of ether oxygens (including phenoxy) is 1. The predicted octanol–water partition coefficient (Wildman–Crippen LogP) is 3.40. The summed E-state index contributed by atoms with van der Waals surface area (Å²) < 4.78 is 5.18. The maximum atomic E-state index is 12.3. The summed E-state index contributed by atoms with van der Waals surface area (Å²) in [5.41, 5.74) is 2.05. The van der Waals surface area contributed by atoms with Gasteiger partial charge in [-0.15, -0.1) is 0 Å². The summed E-state index contributed by atoms with van der Waals surface area (Å²) in [5.74, 6) is 0.917. The minimum atomic E-state index is -0.285. The first-order valence-corrected chi connectivity index (χ1v) is 9.48. The molecule has 2 aromatic carbocycles. The molecule has 0 fully saturated rings. The van der Waals surface area contributed by atoms with Gasteiger partial charge in [0.15, 0.2) is 0 Å². The zero-order valence-electron chi connectivity index (χ0n) is 16.7. The lowest BCUT2D eigenvalue weighted by molar-refractivity contribution is -0.122. The van der Waals surface area contributed by atoms with E-state index in [1.807, 2.05) is 54.6 Å². The van der Waals surface area contributed by atoms with Crippen molar-refractivity contribution < 1.29 is 14.3 Å². The Balaban J connectivity index is 1.75. The molecule has 0 saturated heterocycles. The Kier molecular flexibility index (Phi) is 8.34. The summed E-state index contributed by atoms with van der Waals surface area (Å²) >= 11 is 0. The van der Waals surface area contributed by atoms with Crippen LogP contribution in [0.5, 0.6) is 5.75 Å². The molecular formula is C22H29N3O3. The molecule has 150 valence electrons. The molecule has 0 radical (unpaired) electrons. The Morgan fingerprint density at radius 3 is 2.25 bits per heavy atom. The van der Waals surface area contributed by atoms with E-state index in [0.29, 0.717) is 6.54 Å². The van der Waals surface area contributed by atoms with Gasteiger partial charge in [-0.3, -0.25) is 4.79 Å². The largest absolute Gasteiger partial charge is 0.497 e. The monoisotopic (exact) mass is 383 g/mol. The second-order valence-corrected chi connectivity index (χ2v) is 6.91. The van der Waals surface area contributed by atoms with Gasteiger partial charge in [0.2, 0.25) is 5.91 Å². The van der Waals surface area contributed by atoms with Crippen molar-refractivity contribution in [3.05, 3.63) is 65.7 Å². The number of methoxy groups -OCH3 is 1. The van der Waals surface area contributed by atoms with Gasteiger partial charge in [0.1, 0.15) is 5.75 Å². The van der Waals surface area contributed by atoms with Gasteiger partial charge >= 0.3 is 6.03 Å². The van der Waals surface area contributed by atoms with Gasteiger partial charge in [0.25, 0.3) is 0 Å². The number of rotatable bonds is 9. The van der Waals surface area contributed by atoms with Crippen LogP contribution in [-0.2, 0) is 11.3 Å². The Bertz CT molecular complexity index is 745. The van der Waals surface area contributed by atoms with E-state index in [1.165, 1.54) is 0 Å². The molecule has 0 aliphatic heterocycles. The number of carbonyl (C=O) groups excluding carboxylic acids is 2. The Hall–Kier alpha value is -3.02. The van der Waals surface area contributed by atoms with E-state index in [1.54, 1.807) is 7.11 Å². The van der Waals surface area contributed by atoms with Crippen molar-refractivity contribution >= 4 is 11.9 Å². The van der Waals surface area contributed by atoms with Gasteiger partial charge < -0.3 is 20.7 Å². The van der Waals surface area contributed by atoms with Crippen LogP contribution in [0.2, 0.25) is 0 Å². The van der Waals surface area contributed by atoms with Crippen LogP contribution in [0.4, 0.5) is 4.79 Å². The topological polar surface area (TPSA) is 79.5 Å². The van der Waals surface area contributed by atoms with Gasteiger partial charge in [0, 0.05) is 19.5 Å². The minimum absolute atomic E-state index is 0.0923. The molecule has 3 amide bonds. The van der Waals surface area contributed by atoms with Crippen LogP contribution in [-0.4, -0.2) is 25.6 Å². The highest BCUT2D eigenvalue weighted by Gasteiger charge is 2.18. The molecule has 0 saturated carbocycles. The van der Waals surface area contributed by atoms with E-state index in [9.17, 15) is 9.59 Å². The second-order valence-electron chi connectivity index (χ2n) is 6.91. The average Bonchev–Trinajstić information content (AvgIpc) is 2.71. The highest BCUT2D eigenvalue weighted by molar-refractivity contribution is 5.78. The Morgan fingerprint density at radius 1 is 0.964 bits per heavy atom. The van der Waals surface area contributed by atoms with Gasteiger partial charge in [-0.1, -0.05) is 56.3 Å². The molecule has 0 spiro atoms. The Morgan fingerprint density at radius 2 is 1.64 bits per heavy atom. The van der Waals surface area contributed by atoms with E-state index in [-0.39, 0.29) is 36.9 Å². The lowest BCUT2D eigenvalue weighted by Gasteiger charge is -2.23. The predicted molar refractivity (Wildman–Crippen MR) is 110 cm³/mol. The summed E-state index contributed by atoms with van der Waals surface area (Å²) in [4.78, 5) is 24.2. The second kappa shape index (κ2) is 11.0. The van der Waals surface area contributed by atoms with Crippen LogP contribution in [0.3, 0.4) is 0 Å². The van der Waals surface area contributed by atoms with Crippen LogP contribution in [0.1, 0.15) is 37.4 Å². The minimum Gasteiger partial charge on any atom is -0.497 e. The average molecular weight is 383 g/mol. The lowest BCUT2D eigenvalue weighted by Crippen LogP contribution is -2.38. The van der Waals surface area contributed by atoms with Gasteiger partial charge in [-0.05, 0) is 29.2 Å². The first-order valence-electron chi connectivity index (χ1n) is 9.48. The molecule has 3 N–H and O–H groups in total. The fraction of sp³-hybridized carbons (Fsp3) is 0.364. The van der Waals surface area contributed by atoms with E-state index in [2.05, 4.69) is 29.8 Å². The molecule has 0 aliphatic carbocycles. The molecule has 1 unspecified atom stereocenters. The summed E-state index contributed by atoms with van der Waals surface area (Å²) in [6, 6.07) is 17.0. The molecule has 28 heavy (non-hydrogen) atoms. The molecule has 1 atom stereocenters. The molecule has 6 nitrogen and oxygen atoms in total. The number of amides is 3. The highest BCUT2D eigenvalue weighted by Crippen LogP contribution is 2.23. The maximum Gasteiger partial charge on any atom is 0.315 e. The lowest BCUT2D eigenvalue weighted by atomic mass is 9.96. The van der Waals surface area contributed by atoms with Crippen LogP contribution >= 0.6 is 0 Å². The number of urea groups is 1. The van der Waals surface area contributed by atoms with E-state index in [4.69, 9.17) is 4.74 Å². The summed E-state index contributed by atoms with van der Waals surface area (Å²) in [6.45, 7) is 4.85. The first-order chi connectivity index (χ1) is 13.5. The standard InChI is InChI=1S/C22H29N3O3/c1-16(2)21(18-9-11-19(28-3)12-10-18)25-20(26)13-14-23-22(27)24-15-17-7-5-4-6-8-17/h4-12,16,21H,13-15H2,1-3H3,(H,25,26)(H2,23,24,27). The summed E-state index contributed by atoms with van der Waals surface area (Å²) in [7, 11) is 1.62. The first kappa shape index (κ1) is 21.3. The molecule has 2 rings (SSSR count). The highest BCUT2D eigenvalue weighted by atomic mass is 16.5. The molecule has 6 heteroatoms. The third kappa shape index (κ3) is 6.95. The zero-order chi connectivity index (χ0) is 20.4. The molecule has 0 bridgehead atoms. The zero-order valence-corrected chi connectivity index (χ0v) is 16.7. The number of hydrogen-bond donors (Lipinski definition) is 3. The Labute approximate surface area is 166 Å². The third-order valence-electron chi connectivity index (χ3n) is 4.39. The molecule has 0 aromatic heterocycles. The van der Waals surface area contributed by atoms with Crippen LogP contribution < -0.4 is 20.7 Å².